The topological polar surface area (TPSA) is 105 Å². The smallest absolute Gasteiger partial charge is 0.241 e. The van der Waals surface area contributed by atoms with Crippen LogP contribution in [0.1, 0.15) is 12.0 Å². The third kappa shape index (κ3) is 6.52. The highest BCUT2D eigenvalue weighted by atomic mass is 35.5. The molecule has 0 unspecified atom stereocenters. The second-order valence-electron chi connectivity index (χ2n) is 6.97. The van der Waals surface area contributed by atoms with E-state index in [0.29, 0.717) is 10.0 Å². The van der Waals surface area contributed by atoms with Crippen LogP contribution in [0, 0.1) is 0 Å². The number of carbonyl (C=O) groups is 1. The summed E-state index contributed by atoms with van der Waals surface area (Å²) in [7, 11) is -3.78. The molecule has 0 aliphatic carbocycles. The molecule has 10 heteroatoms. The summed E-state index contributed by atoms with van der Waals surface area (Å²) in [6, 6.07) is 12.2. The Bertz CT molecular complexity index is 1050. The Morgan fingerprint density at radius 3 is 2.48 bits per heavy atom. The molecule has 2 aromatic carbocycles. The molecule has 3 N–H and O–H groups in total. The molecule has 0 spiro atoms. The Hall–Kier alpha value is -1.94. The van der Waals surface area contributed by atoms with Crippen LogP contribution in [-0.2, 0) is 26.1 Å². The number of hydrogen-bond acceptors (Lipinski definition) is 5. The Morgan fingerprint density at radius 2 is 1.81 bits per heavy atom. The molecule has 3 rings (SSSR count). The van der Waals surface area contributed by atoms with Gasteiger partial charge in [0.15, 0.2) is 0 Å². The molecule has 2 aromatic rings. The maximum absolute atomic E-state index is 12.5. The molecular formula is C21H22Cl2N2O5S. The first-order valence-corrected chi connectivity index (χ1v) is 11.7. The molecule has 0 radical (unpaired) electrons. The van der Waals surface area contributed by atoms with Crippen molar-refractivity contribution in [1.29, 1.82) is 0 Å². The molecule has 0 saturated heterocycles. The van der Waals surface area contributed by atoms with Crippen LogP contribution in [0.15, 0.2) is 65.6 Å². The number of nitrogens with one attached hydrogen (secondary N) is 2. The third-order valence-corrected chi connectivity index (χ3v) is 6.88. The van der Waals surface area contributed by atoms with Gasteiger partial charge in [-0.25, -0.2) is 13.1 Å². The lowest BCUT2D eigenvalue weighted by Crippen LogP contribution is -2.48. The number of ether oxygens (including phenoxy) is 1. The molecule has 31 heavy (non-hydrogen) atoms. The van der Waals surface area contributed by atoms with Crippen molar-refractivity contribution < 1.29 is 23.1 Å². The SMILES string of the molecule is O=C(C[C@H]1C=C[C@H](NS(=O)(=O)c2ccccc2)[C@H](CO)O1)NCc1ccc(Cl)c(Cl)c1. The standard InChI is InChI=1S/C21H22Cl2N2O5S/c22-17-8-6-14(10-18(17)23)12-24-21(27)11-15-7-9-19(20(13-26)30-15)25-31(28,29)16-4-2-1-3-5-16/h1-10,15,19-20,25-26H,11-13H2,(H,24,27)/t15-,19+,20+/m1/s1. The number of halogens is 2. The zero-order valence-electron chi connectivity index (χ0n) is 16.4. The average molecular weight is 485 g/mol. The van der Waals surface area contributed by atoms with Gasteiger partial charge in [-0.3, -0.25) is 4.79 Å². The van der Waals surface area contributed by atoms with Gasteiger partial charge < -0.3 is 15.2 Å². The van der Waals surface area contributed by atoms with Crippen molar-refractivity contribution in [2.75, 3.05) is 6.61 Å². The van der Waals surface area contributed by atoms with Crippen LogP contribution < -0.4 is 10.0 Å². The van der Waals surface area contributed by atoms with Gasteiger partial charge in [-0.15, -0.1) is 0 Å². The Labute approximate surface area is 191 Å². The van der Waals surface area contributed by atoms with E-state index in [0.717, 1.165) is 5.56 Å². The van der Waals surface area contributed by atoms with Crippen LogP contribution in [-0.4, -0.2) is 44.3 Å². The van der Waals surface area contributed by atoms with Gasteiger partial charge in [0.1, 0.15) is 6.10 Å². The van der Waals surface area contributed by atoms with Gasteiger partial charge in [-0.1, -0.05) is 59.6 Å². The van der Waals surface area contributed by atoms with Crippen molar-refractivity contribution in [3.05, 3.63) is 76.3 Å². The lowest BCUT2D eigenvalue weighted by atomic mass is 10.1. The number of hydrogen-bond donors (Lipinski definition) is 3. The predicted octanol–water partition coefficient (Wildman–Crippen LogP) is 2.66. The summed E-state index contributed by atoms with van der Waals surface area (Å²) in [4.78, 5) is 12.4. The normalized spacial score (nSPS) is 21.1. The Balaban J connectivity index is 1.57. The number of aliphatic hydroxyl groups excluding tert-OH is 1. The van der Waals surface area contributed by atoms with E-state index >= 15 is 0 Å². The number of sulfonamides is 1. The second kappa shape index (κ2) is 10.6. The van der Waals surface area contributed by atoms with E-state index in [1.54, 1.807) is 48.6 Å². The van der Waals surface area contributed by atoms with Crippen LogP contribution in [0.3, 0.4) is 0 Å². The fourth-order valence-electron chi connectivity index (χ4n) is 3.06. The first-order valence-electron chi connectivity index (χ1n) is 9.51. The fraction of sp³-hybridized carbons (Fsp3) is 0.286. The number of rotatable bonds is 8. The highest BCUT2D eigenvalue weighted by Crippen LogP contribution is 2.22. The fourth-order valence-corrected chi connectivity index (χ4v) is 4.62. The Kier molecular flexibility index (Phi) is 8.10. The average Bonchev–Trinajstić information content (AvgIpc) is 2.76. The molecule has 3 atom stereocenters. The van der Waals surface area contributed by atoms with Crippen LogP contribution in [0.4, 0.5) is 0 Å². The molecule has 0 aromatic heterocycles. The van der Waals surface area contributed by atoms with Crippen molar-refractivity contribution in [2.24, 2.45) is 0 Å². The number of carbonyl (C=O) groups excluding carboxylic acids is 1. The quantitative estimate of drug-likeness (QED) is 0.499. The monoisotopic (exact) mass is 484 g/mol. The lowest BCUT2D eigenvalue weighted by molar-refractivity contribution is -0.125. The summed E-state index contributed by atoms with van der Waals surface area (Å²) in [5, 5.41) is 13.3. The Morgan fingerprint density at radius 1 is 1.06 bits per heavy atom. The largest absolute Gasteiger partial charge is 0.394 e. The van der Waals surface area contributed by atoms with Crippen LogP contribution in [0.2, 0.25) is 10.0 Å². The highest BCUT2D eigenvalue weighted by molar-refractivity contribution is 7.89. The van der Waals surface area contributed by atoms with E-state index in [1.807, 2.05) is 0 Å². The van der Waals surface area contributed by atoms with E-state index in [-0.39, 0.29) is 23.8 Å². The third-order valence-electron chi connectivity index (χ3n) is 4.67. The second-order valence-corrected chi connectivity index (χ2v) is 9.50. The van der Waals surface area contributed by atoms with E-state index in [4.69, 9.17) is 27.9 Å². The van der Waals surface area contributed by atoms with E-state index in [2.05, 4.69) is 10.0 Å². The van der Waals surface area contributed by atoms with Gasteiger partial charge in [0, 0.05) is 6.54 Å². The van der Waals surface area contributed by atoms with Gasteiger partial charge in [-0.05, 0) is 29.8 Å². The maximum atomic E-state index is 12.5. The minimum Gasteiger partial charge on any atom is -0.394 e. The molecule has 0 fully saturated rings. The summed E-state index contributed by atoms with van der Waals surface area (Å²) in [6.45, 7) is -0.136. The summed E-state index contributed by atoms with van der Waals surface area (Å²) in [5.74, 6) is -0.263. The molecule has 1 amide bonds. The number of benzene rings is 2. The van der Waals surface area contributed by atoms with Crippen LogP contribution in [0.25, 0.3) is 0 Å². The van der Waals surface area contributed by atoms with E-state index in [1.165, 1.54) is 12.1 Å². The van der Waals surface area contributed by atoms with E-state index in [9.17, 15) is 18.3 Å². The lowest BCUT2D eigenvalue weighted by Gasteiger charge is -2.31. The summed E-state index contributed by atoms with van der Waals surface area (Å²) in [5.41, 5.74) is 0.798. The van der Waals surface area contributed by atoms with E-state index < -0.39 is 34.9 Å². The minimum absolute atomic E-state index is 0.0203. The minimum atomic E-state index is -3.78. The summed E-state index contributed by atoms with van der Waals surface area (Å²) in [6.07, 6.45) is 1.82. The molecule has 0 bridgehead atoms. The maximum Gasteiger partial charge on any atom is 0.241 e. The van der Waals surface area contributed by atoms with Crippen molar-refractivity contribution >= 4 is 39.1 Å². The summed E-state index contributed by atoms with van der Waals surface area (Å²) >= 11 is 11.8. The van der Waals surface area contributed by atoms with Gasteiger partial charge in [0.2, 0.25) is 15.9 Å². The van der Waals surface area contributed by atoms with Crippen molar-refractivity contribution in [3.8, 4) is 0 Å². The van der Waals surface area contributed by atoms with Crippen molar-refractivity contribution in [2.45, 2.75) is 36.1 Å². The van der Waals surface area contributed by atoms with Gasteiger partial charge in [-0.2, -0.15) is 0 Å². The number of amides is 1. The predicted molar refractivity (Wildman–Crippen MR) is 118 cm³/mol. The number of aliphatic hydroxyl groups is 1. The molecule has 1 heterocycles. The molecule has 1 aliphatic heterocycles. The zero-order valence-corrected chi connectivity index (χ0v) is 18.7. The molecule has 166 valence electrons. The van der Waals surface area contributed by atoms with Crippen molar-refractivity contribution in [3.63, 3.8) is 0 Å². The molecule has 0 saturated carbocycles. The van der Waals surface area contributed by atoms with Crippen LogP contribution >= 0.6 is 23.2 Å². The van der Waals surface area contributed by atoms with Gasteiger partial charge >= 0.3 is 0 Å². The van der Waals surface area contributed by atoms with Crippen molar-refractivity contribution in [1.82, 2.24) is 10.0 Å². The molecular weight excluding hydrogens is 463 g/mol. The summed E-state index contributed by atoms with van der Waals surface area (Å²) < 4.78 is 33.3. The molecule has 1 aliphatic rings. The van der Waals surface area contributed by atoms with Crippen LogP contribution in [0.5, 0.6) is 0 Å². The first-order chi connectivity index (χ1) is 14.8. The molecule has 7 nitrogen and oxygen atoms in total. The highest BCUT2D eigenvalue weighted by Gasteiger charge is 2.31. The zero-order chi connectivity index (χ0) is 22.4. The first kappa shape index (κ1) is 23.7. The van der Waals surface area contributed by atoms with Gasteiger partial charge in [0.25, 0.3) is 0 Å². The van der Waals surface area contributed by atoms with Gasteiger partial charge in [0.05, 0.1) is 40.1 Å².